The Bertz CT molecular complexity index is 639. The Morgan fingerprint density at radius 3 is 2.56 bits per heavy atom. The van der Waals surface area contributed by atoms with E-state index in [1.165, 1.54) is 6.42 Å². The number of fused-ring (bicyclic) bond motifs is 1. The molecule has 2 amide bonds. The van der Waals surface area contributed by atoms with E-state index in [4.69, 9.17) is 17.3 Å². The van der Waals surface area contributed by atoms with Crippen molar-refractivity contribution < 1.29 is 9.59 Å². The summed E-state index contributed by atoms with van der Waals surface area (Å²) in [7, 11) is 0. The van der Waals surface area contributed by atoms with Crippen LogP contribution in [-0.2, 0) is 4.79 Å². The van der Waals surface area contributed by atoms with Crippen molar-refractivity contribution >= 4 is 35.8 Å². The number of carbonyl (C=O) groups is 2. The van der Waals surface area contributed by atoms with Crippen LogP contribution in [0, 0.1) is 5.92 Å². The number of amides is 2. The Kier molecular flexibility index (Phi) is 8.39. The van der Waals surface area contributed by atoms with Gasteiger partial charge in [0.15, 0.2) is 0 Å². The fourth-order valence-corrected chi connectivity index (χ4v) is 4.45. The van der Waals surface area contributed by atoms with E-state index in [-0.39, 0.29) is 36.3 Å². The van der Waals surface area contributed by atoms with Crippen LogP contribution >= 0.6 is 24.0 Å². The number of nitrogens with two attached hydrogens (primary N) is 1. The Morgan fingerprint density at radius 1 is 1.15 bits per heavy atom. The molecule has 1 saturated heterocycles. The number of halogens is 2. The van der Waals surface area contributed by atoms with Gasteiger partial charge in [-0.3, -0.25) is 9.59 Å². The highest BCUT2D eigenvalue weighted by molar-refractivity contribution is 6.30. The molecule has 3 unspecified atom stereocenters. The first-order chi connectivity index (χ1) is 12.6. The monoisotopic (exact) mass is 413 g/mol. The molecule has 1 aliphatic heterocycles. The van der Waals surface area contributed by atoms with Crippen molar-refractivity contribution in [1.82, 2.24) is 10.2 Å². The third-order valence-electron chi connectivity index (χ3n) is 5.65. The number of hydrogen-bond donors (Lipinski definition) is 2. The number of nitrogens with one attached hydrogen (secondary N) is 1. The topological polar surface area (TPSA) is 75.4 Å². The molecular formula is C20H29Cl2N3O2. The van der Waals surface area contributed by atoms with Gasteiger partial charge in [0, 0.05) is 23.2 Å². The van der Waals surface area contributed by atoms with Gasteiger partial charge in [-0.05, 0) is 68.8 Å². The quantitative estimate of drug-likeness (QED) is 0.701. The van der Waals surface area contributed by atoms with E-state index < -0.39 is 0 Å². The molecule has 1 saturated carbocycles. The number of nitrogens with zero attached hydrogens (tertiary/aromatic N) is 1. The highest BCUT2D eigenvalue weighted by atomic mass is 35.5. The zero-order valence-corrected chi connectivity index (χ0v) is 17.1. The lowest BCUT2D eigenvalue weighted by atomic mass is 9.84. The lowest BCUT2D eigenvalue weighted by Gasteiger charge is -2.33. The summed E-state index contributed by atoms with van der Waals surface area (Å²) >= 11 is 5.95. The van der Waals surface area contributed by atoms with Gasteiger partial charge >= 0.3 is 0 Å². The summed E-state index contributed by atoms with van der Waals surface area (Å²) in [5, 5.41) is 3.61. The number of rotatable bonds is 6. The van der Waals surface area contributed by atoms with Crippen LogP contribution in [0.2, 0.25) is 5.02 Å². The predicted octanol–water partition coefficient (Wildman–Crippen LogP) is 3.39. The van der Waals surface area contributed by atoms with E-state index in [1.807, 2.05) is 4.90 Å². The van der Waals surface area contributed by atoms with Crippen LogP contribution in [0.4, 0.5) is 0 Å². The van der Waals surface area contributed by atoms with E-state index in [1.54, 1.807) is 24.3 Å². The van der Waals surface area contributed by atoms with Gasteiger partial charge in [-0.2, -0.15) is 0 Å². The van der Waals surface area contributed by atoms with Gasteiger partial charge in [0.05, 0.1) is 0 Å². The van der Waals surface area contributed by atoms with Gasteiger partial charge in [0.1, 0.15) is 6.04 Å². The Labute approximate surface area is 172 Å². The summed E-state index contributed by atoms with van der Waals surface area (Å²) in [6.45, 7) is 1.25. The maximum atomic E-state index is 13.2. The van der Waals surface area contributed by atoms with Crippen LogP contribution in [-0.4, -0.2) is 41.9 Å². The number of likely N-dealkylation sites (tertiary alicyclic amines) is 1. The highest BCUT2D eigenvalue weighted by Crippen LogP contribution is 2.40. The molecule has 27 heavy (non-hydrogen) atoms. The SMILES string of the molecule is Cl.NCCCCNC(=O)C1CC2CCCCC2N1C(=O)c1ccc(Cl)cc1. The van der Waals surface area contributed by atoms with Gasteiger partial charge < -0.3 is 16.0 Å². The fraction of sp³-hybridized carbons (Fsp3) is 0.600. The molecule has 2 aliphatic rings. The lowest BCUT2D eigenvalue weighted by Crippen LogP contribution is -2.49. The first kappa shape index (κ1) is 22.0. The van der Waals surface area contributed by atoms with Gasteiger partial charge in [-0.15, -0.1) is 12.4 Å². The molecule has 1 aromatic rings. The second-order valence-corrected chi connectivity index (χ2v) is 7.81. The zero-order chi connectivity index (χ0) is 18.5. The largest absolute Gasteiger partial charge is 0.354 e. The average molecular weight is 414 g/mol. The Hall–Kier alpha value is -1.30. The Balaban J connectivity index is 0.00000261. The van der Waals surface area contributed by atoms with Crippen molar-refractivity contribution in [3.05, 3.63) is 34.9 Å². The van der Waals surface area contributed by atoms with Crippen molar-refractivity contribution in [2.45, 2.75) is 57.0 Å². The van der Waals surface area contributed by atoms with Crippen LogP contribution < -0.4 is 11.1 Å². The van der Waals surface area contributed by atoms with Gasteiger partial charge in [0.2, 0.25) is 5.91 Å². The second kappa shape index (κ2) is 10.3. The minimum absolute atomic E-state index is 0. The first-order valence-corrected chi connectivity index (χ1v) is 10.1. The minimum Gasteiger partial charge on any atom is -0.354 e. The van der Waals surface area contributed by atoms with Crippen LogP contribution in [0.3, 0.4) is 0 Å². The van der Waals surface area contributed by atoms with Crippen molar-refractivity contribution in [3.8, 4) is 0 Å². The standard InChI is InChI=1S/C20H28ClN3O2.ClH/c21-16-9-7-14(8-10-16)20(26)24-17-6-2-1-5-15(17)13-18(24)19(25)23-12-4-3-11-22;/h7-10,15,17-18H,1-6,11-13,22H2,(H,23,25);1H. The lowest BCUT2D eigenvalue weighted by molar-refractivity contribution is -0.125. The van der Waals surface area contributed by atoms with E-state index in [0.717, 1.165) is 38.5 Å². The number of unbranched alkanes of at least 4 members (excludes halogenated alkanes) is 1. The molecular weight excluding hydrogens is 385 g/mol. The maximum absolute atomic E-state index is 13.2. The smallest absolute Gasteiger partial charge is 0.254 e. The zero-order valence-electron chi connectivity index (χ0n) is 15.5. The first-order valence-electron chi connectivity index (χ1n) is 9.68. The molecule has 0 spiro atoms. The van der Waals surface area contributed by atoms with Crippen LogP contribution in [0.15, 0.2) is 24.3 Å². The van der Waals surface area contributed by atoms with Crippen LogP contribution in [0.5, 0.6) is 0 Å². The number of carbonyl (C=O) groups excluding carboxylic acids is 2. The molecule has 2 fully saturated rings. The highest BCUT2D eigenvalue weighted by Gasteiger charge is 2.47. The molecule has 3 rings (SSSR count). The molecule has 1 aliphatic carbocycles. The molecule has 3 atom stereocenters. The average Bonchev–Trinajstić information content (AvgIpc) is 3.05. The van der Waals surface area contributed by atoms with E-state index in [2.05, 4.69) is 5.32 Å². The summed E-state index contributed by atoms with van der Waals surface area (Å²) in [5.74, 6) is 0.344. The summed E-state index contributed by atoms with van der Waals surface area (Å²) in [5.41, 5.74) is 6.11. The van der Waals surface area contributed by atoms with Crippen molar-refractivity contribution in [2.75, 3.05) is 13.1 Å². The molecule has 1 heterocycles. The molecule has 5 nitrogen and oxygen atoms in total. The predicted molar refractivity (Wildman–Crippen MR) is 110 cm³/mol. The van der Waals surface area contributed by atoms with E-state index in [0.29, 0.717) is 29.6 Å². The van der Waals surface area contributed by atoms with E-state index in [9.17, 15) is 9.59 Å². The van der Waals surface area contributed by atoms with Crippen LogP contribution in [0.1, 0.15) is 55.3 Å². The molecule has 3 N–H and O–H groups in total. The second-order valence-electron chi connectivity index (χ2n) is 7.37. The molecule has 0 aromatic heterocycles. The minimum atomic E-state index is -0.371. The van der Waals surface area contributed by atoms with Gasteiger partial charge in [-0.25, -0.2) is 0 Å². The fourth-order valence-electron chi connectivity index (χ4n) is 4.33. The summed E-state index contributed by atoms with van der Waals surface area (Å²) in [6.07, 6.45) is 6.93. The van der Waals surface area contributed by atoms with Crippen molar-refractivity contribution in [3.63, 3.8) is 0 Å². The summed E-state index contributed by atoms with van der Waals surface area (Å²) in [4.78, 5) is 27.8. The molecule has 7 heteroatoms. The summed E-state index contributed by atoms with van der Waals surface area (Å²) in [6, 6.07) is 6.75. The van der Waals surface area contributed by atoms with Gasteiger partial charge in [-0.1, -0.05) is 24.4 Å². The van der Waals surface area contributed by atoms with Crippen molar-refractivity contribution in [2.24, 2.45) is 11.7 Å². The number of benzene rings is 1. The van der Waals surface area contributed by atoms with Crippen molar-refractivity contribution in [1.29, 1.82) is 0 Å². The normalized spacial score (nSPS) is 24.1. The molecule has 0 radical (unpaired) electrons. The van der Waals surface area contributed by atoms with Gasteiger partial charge in [0.25, 0.3) is 5.91 Å². The maximum Gasteiger partial charge on any atom is 0.254 e. The Morgan fingerprint density at radius 2 is 1.85 bits per heavy atom. The third kappa shape index (κ3) is 5.15. The molecule has 150 valence electrons. The summed E-state index contributed by atoms with van der Waals surface area (Å²) < 4.78 is 0. The van der Waals surface area contributed by atoms with Crippen LogP contribution in [0.25, 0.3) is 0 Å². The van der Waals surface area contributed by atoms with E-state index >= 15 is 0 Å². The third-order valence-corrected chi connectivity index (χ3v) is 5.90. The molecule has 0 bridgehead atoms. The number of hydrogen-bond acceptors (Lipinski definition) is 3. The molecule has 1 aromatic carbocycles.